The molecule has 2 fully saturated rings. The van der Waals surface area contributed by atoms with Gasteiger partial charge in [-0.2, -0.15) is 0 Å². The Kier molecular flexibility index (Phi) is 4.42. The molecule has 3 rings (SSSR count). The van der Waals surface area contributed by atoms with Crippen LogP contribution in [0.25, 0.3) is 0 Å². The van der Waals surface area contributed by atoms with Crippen LogP contribution in [0.2, 0.25) is 0 Å². The van der Waals surface area contributed by atoms with Crippen LogP contribution >= 0.6 is 0 Å². The molecule has 0 aromatic heterocycles. The fraction of sp³-hybridized carbons (Fsp3) is 0.667. The summed E-state index contributed by atoms with van der Waals surface area (Å²) in [4.78, 5) is 2.61. The van der Waals surface area contributed by atoms with E-state index in [9.17, 15) is 0 Å². The van der Waals surface area contributed by atoms with Gasteiger partial charge in [-0.3, -0.25) is 4.90 Å². The molecule has 110 valence electrons. The van der Waals surface area contributed by atoms with E-state index in [0.29, 0.717) is 0 Å². The monoisotopic (exact) mass is 272 g/mol. The van der Waals surface area contributed by atoms with Gasteiger partial charge in [-0.05, 0) is 70.6 Å². The lowest BCUT2D eigenvalue weighted by Crippen LogP contribution is -2.42. The molecule has 0 spiro atoms. The fourth-order valence-electron chi connectivity index (χ4n) is 3.37. The van der Waals surface area contributed by atoms with E-state index < -0.39 is 0 Å². The number of rotatable bonds is 5. The van der Waals surface area contributed by atoms with Crippen LogP contribution in [0.15, 0.2) is 18.2 Å². The van der Waals surface area contributed by atoms with Gasteiger partial charge in [0.15, 0.2) is 0 Å². The Bertz CT molecular complexity index is 422. The summed E-state index contributed by atoms with van der Waals surface area (Å²) in [7, 11) is 0. The predicted molar refractivity (Wildman–Crippen MR) is 84.9 cm³/mol. The van der Waals surface area contributed by atoms with Crippen molar-refractivity contribution in [2.45, 2.75) is 52.1 Å². The summed E-state index contributed by atoms with van der Waals surface area (Å²) in [5.74, 6) is 1.00. The molecule has 1 aromatic carbocycles. The van der Waals surface area contributed by atoms with Crippen molar-refractivity contribution in [3.63, 3.8) is 0 Å². The standard InChI is InChI=1S/C18H28N2/c1-14-9-15(2)11-17(10-14)13-20-7-5-18(6-8-20)19-12-16-3-4-16/h9-11,16,18-19H,3-8,12-13H2,1-2H3. The van der Waals surface area contributed by atoms with Crippen LogP contribution in [-0.4, -0.2) is 30.6 Å². The second-order valence-electron chi connectivity index (χ2n) is 6.90. The number of likely N-dealkylation sites (tertiary alicyclic amines) is 1. The molecule has 1 aliphatic carbocycles. The molecule has 1 aliphatic heterocycles. The maximum atomic E-state index is 3.76. The highest BCUT2D eigenvalue weighted by Crippen LogP contribution is 2.28. The average Bonchev–Trinajstić information content (AvgIpc) is 3.21. The Hall–Kier alpha value is -0.860. The van der Waals surface area contributed by atoms with Crippen molar-refractivity contribution in [1.82, 2.24) is 10.2 Å². The van der Waals surface area contributed by atoms with E-state index in [4.69, 9.17) is 0 Å². The van der Waals surface area contributed by atoms with E-state index in [0.717, 1.165) is 18.5 Å². The molecule has 2 nitrogen and oxygen atoms in total. The Morgan fingerprint density at radius 1 is 1.00 bits per heavy atom. The number of nitrogens with zero attached hydrogens (tertiary/aromatic N) is 1. The average molecular weight is 272 g/mol. The van der Waals surface area contributed by atoms with Gasteiger partial charge in [0, 0.05) is 12.6 Å². The molecule has 1 N–H and O–H groups in total. The van der Waals surface area contributed by atoms with Crippen molar-refractivity contribution in [2.75, 3.05) is 19.6 Å². The first-order valence-electron chi connectivity index (χ1n) is 8.22. The lowest BCUT2D eigenvalue weighted by molar-refractivity contribution is 0.190. The third-order valence-electron chi connectivity index (χ3n) is 4.67. The number of piperidine rings is 1. The van der Waals surface area contributed by atoms with E-state index in [-0.39, 0.29) is 0 Å². The van der Waals surface area contributed by atoms with Crippen molar-refractivity contribution in [1.29, 1.82) is 0 Å². The maximum Gasteiger partial charge on any atom is 0.0233 e. The summed E-state index contributed by atoms with van der Waals surface area (Å²) < 4.78 is 0. The summed E-state index contributed by atoms with van der Waals surface area (Å²) >= 11 is 0. The molecule has 1 aromatic rings. The number of aryl methyl sites for hydroxylation is 2. The largest absolute Gasteiger partial charge is 0.314 e. The van der Waals surface area contributed by atoms with Crippen molar-refractivity contribution >= 4 is 0 Å². The van der Waals surface area contributed by atoms with Gasteiger partial charge >= 0.3 is 0 Å². The summed E-state index contributed by atoms with van der Waals surface area (Å²) in [6, 6.07) is 7.71. The van der Waals surface area contributed by atoms with E-state index in [1.54, 1.807) is 0 Å². The molecule has 0 atom stereocenters. The van der Waals surface area contributed by atoms with Gasteiger partial charge in [0.25, 0.3) is 0 Å². The number of hydrogen-bond acceptors (Lipinski definition) is 2. The maximum absolute atomic E-state index is 3.76. The molecule has 0 radical (unpaired) electrons. The highest BCUT2D eigenvalue weighted by Gasteiger charge is 2.24. The molecule has 1 heterocycles. The minimum absolute atomic E-state index is 0.770. The van der Waals surface area contributed by atoms with Gasteiger partial charge in [0.2, 0.25) is 0 Å². The predicted octanol–water partition coefficient (Wildman–Crippen LogP) is 3.27. The molecule has 1 saturated carbocycles. The van der Waals surface area contributed by atoms with Gasteiger partial charge in [0.05, 0.1) is 0 Å². The van der Waals surface area contributed by atoms with E-state index in [2.05, 4.69) is 42.3 Å². The molecule has 20 heavy (non-hydrogen) atoms. The van der Waals surface area contributed by atoms with Gasteiger partial charge in [-0.25, -0.2) is 0 Å². The summed E-state index contributed by atoms with van der Waals surface area (Å²) in [6.45, 7) is 9.28. The third-order valence-corrected chi connectivity index (χ3v) is 4.67. The van der Waals surface area contributed by atoms with Gasteiger partial charge in [-0.1, -0.05) is 29.3 Å². The zero-order valence-electron chi connectivity index (χ0n) is 13.0. The van der Waals surface area contributed by atoms with E-state index in [1.807, 2.05) is 0 Å². The summed E-state index contributed by atoms with van der Waals surface area (Å²) in [6.07, 6.45) is 5.55. The second kappa shape index (κ2) is 6.28. The summed E-state index contributed by atoms with van der Waals surface area (Å²) in [5, 5.41) is 3.76. The Morgan fingerprint density at radius 2 is 1.65 bits per heavy atom. The lowest BCUT2D eigenvalue weighted by atomic mass is 10.0. The first-order chi connectivity index (χ1) is 9.69. The normalized spacial score (nSPS) is 21.3. The number of benzene rings is 1. The molecule has 2 aliphatic rings. The first-order valence-corrected chi connectivity index (χ1v) is 8.22. The Balaban J connectivity index is 1.45. The van der Waals surface area contributed by atoms with Crippen LogP contribution in [0.1, 0.15) is 42.4 Å². The SMILES string of the molecule is Cc1cc(C)cc(CN2CCC(NCC3CC3)CC2)c1. The second-order valence-corrected chi connectivity index (χ2v) is 6.90. The molecular weight excluding hydrogens is 244 g/mol. The Labute approximate surface area is 123 Å². The third kappa shape index (κ3) is 4.07. The van der Waals surface area contributed by atoms with Crippen LogP contribution < -0.4 is 5.32 Å². The number of nitrogens with one attached hydrogen (secondary N) is 1. The zero-order valence-corrected chi connectivity index (χ0v) is 13.0. The van der Waals surface area contributed by atoms with Crippen molar-refractivity contribution < 1.29 is 0 Å². The van der Waals surface area contributed by atoms with Crippen LogP contribution in [0.3, 0.4) is 0 Å². The molecule has 0 bridgehead atoms. The van der Waals surface area contributed by atoms with Gasteiger partial charge in [-0.15, -0.1) is 0 Å². The van der Waals surface area contributed by atoms with E-state index in [1.165, 1.54) is 62.0 Å². The smallest absolute Gasteiger partial charge is 0.0233 e. The fourth-order valence-corrected chi connectivity index (χ4v) is 3.37. The molecule has 1 saturated heterocycles. The van der Waals surface area contributed by atoms with Crippen LogP contribution in [-0.2, 0) is 6.54 Å². The quantitative estimate of drug-likeness (QED) is 0.885. The molecule has 0 unspecified atom stereocenters. The molecule has 0 amide bonds. The Morgan fingerprint density at radius 3 is 2.25 bits per heavy atom. The minimum Gasteiger partial charge on any atom is -0.314 e. The number of hydrogen-bond donors (Lipinski definition) is 1. The molecule has 2 heteroatoms. The first kappa shape index (κ1) is 14.1. The van der Waals surface area contributed by atoms with Crippen molar-refractivity contribution in [2.24, 2.45) is 5.92 Å². The highest BCUT2D eigenvalue weighted by molar-refractivity contribution is 5.28. The molecular formula is C18H28N2. The van der Waals surface area contributed by atoms with E-state index >= 15 is 0 Å². The van der Waals surface area contributed by atoms with Crippen molar-refractivity contribution in [3.8, 4) is 0 Å². The van der Waals surface area contributed by atoms with Gasteiger partial charge in [0.1, 0.15) is 0 Å². The lowest BCUT2D eigenvalue weighted by Gasteiger charge is -2.32. The minimum atomic E-state index is 0.770. The zero-order chi connectivity index (χ0) is 13.9. The van der Waals surface area contributed by atoms with Crippen LogP contribution in [0, 0.1) is 19.8 Å². The van der Waals surface area contributed by atoms with Crippen LogP contribution in [0.5, 0.6) is 0 Å². The van der Waals surface area contributed by atoms with Gasteiger partial charge < -0.3 is 5.32 Å². The highest BCUT2D eigenvalue weighted by atomic mass is 15.1. The van der Waals surface area contributed by atoms with Crippen LogP contribution in [0.4, 0.5) is 0 Å². The van der Waals surface area contributed by atoms with Crippen molar-refractivity contribution in [3.05, 3.63) is 34.9 Å². The summed E-state index contributed by atoms with van der Waals surface area (Å²) in [5.41, 5.74) is 4.26. The topological polar surface area (TPSA) is 15.3 Å².